The van der Waals surface area contributed by atoms with Gasteiger partial charge in [-0.05, 0) is 19.1 Å². The molecule has 7 nitrogen and oxygen atoms in total. The Balaban J connectivity index is 1.70. The number of nitrogens with one attached hydrogen (secondary N) is 2. The molecule has 0 aliphatic heterocycles. The first kappa shape index (κ1) is 14.4. The van der Waals surface area contributed by atoms with Gasteiger partial charge in [-0.1, -0.05) is 23.7 Å². The largest absolute Gasteiger partial charge is 0.482 e. The molecule has 0 saturated heterocycles. The lowest BCUT2D eigenvalue weighted by Crippen LogP contribution is -2.20. The van der Waals surface area contributed by atoms with Gasteiger partial charge in [0.15, 0.2) is 12.3 Å². The standard InChI is InChI=1S/C14H14ClN5O2/c1-8-12-13(17-18-14(12)20(2)19-8)16-11(21)7-22-10-6-4-3-5-9(10)15/h3-6H,7H2,1-2H3,(H2,16,17,18,21). The molecule has 2 aromatic heterocycles. The van der Waals surface area contributed by atoms with Gasteiger partial charge in [0, 0.05) is 7.05 Å². The number of para-hydroxylation sites is 1. The van der Waals surface area contributed by atoms with Gasteiger partial charge in [-0.25, -0.2) is 4.68 Å². The minimum Gasteiger partial charge on any atom is -0.482 e. The summed E-state index contributed by atoms with van der Waals surface area (Å²) in [6, 6.07) is 6.99. The Morgan fingerprint density at radius 1 is 1.45 bits per heavy atom. The van der Waals surface area contributed by atoms with E-state index >= 15 is 0 Å². The highest BCUT2D eigenvalue weighted by Gasteiger charge is 2.15. The van der Waals surface area contributed by atoms with E-state index in [1.165, 1.54) is 0 Å². The lowest BCUT2D eigenvalue weighted by atomic mass is 10.3. The number of carbonyl (C=O) groups is 1. The first-order valence-corrected chi connectivity index (χ1v) is 6.99. The lowest BCUT2D eigenvalue weighted by Gasteiger charge is -2.07. The van der Waals surface area contributed by atoms with Crippen LogP contribution in [0.5, 0.6) is 5.75 Å². The number of ether oxygens (including phenoxy) is 1. The maximum Gasteiger partial charge on any atom is 0.263 e. The van der Waals surface area contributed by atoms with Gasteiger partial charge in [0.2, 0.25) is 0 Å². The van der Waals surface area contributed by atoms with Crippen LogP contribution in [0.15, 0.2) is 24.3 Å². The quantitative estimate of drug-likeness (QED) is 0.772. The molecule has 0 saturated carbocycles. The molecule has 3 rings (SSSR count). The van der Waals surface area contributed by atoms with E-state index in [0.29, 0.717) is 22.2 Å². The SMILES string of the molecule is Cc1nn(C)c2n[nH]c(NC(=O)COc3ccccc3Cl)c12. The zero-order valence-corrected chi connectivity index (χ0v) is 12.8. The number of hydrogen-bond donors (Lipinski definition) is 2. The van der Waals surface area contributed by atoms with E-state index in [2.05, 4.69) is 20.6 Å². The molecule has 2 heterocycles. The van der Waals surface area contributed by atoms with Crippen molar-refractivity contribution in [2.45, 2.75) is 6.92 Å². The van der Waals surface area contributed by atoms with Crippen LogP contribution in [0.2, 0.25) is 5.02 Å². The first-order chi connectivity index (χ1) is 10.6. The highest BCUT2D eigenvalue weighted by atomic mass is 35.5. The molecule has 0 aliphatic rings. The van der Waals surface area contributed by atoms with Crippen molar-refractivity contribution in [1.82, 2.24) is 20.0 Å². The molecule has 1 amide bonds. The van der Waals surface area contributed by atoms with Gasteiger partial charge < -0.3 is 10.1 Å². The van der Waals surface area contributed by atoms with Crippen molar-refractivity contribution in [2.24, 2.45) is 7.05 Å². The third-order valence-electron chi connectivity index (χ3n) is 3.18. The molecule has 0 spiro atoms. The number of hydrogen-bond acceptors (Lipinski definition) is 4. The molecule has 0 unspecified atom stereocenters. The maximum absolute atomic E-state index is 12.0. The summed E-state index contributed by atoms with van der Waals surface area (Å²) in [6.45, 7) is 1.71. The van der Waals surface area contributed by atoms with Crippen LogP contribution in [0.1, 0.15) is 5.69 Å². The molecule has 114 valence electrons. The van der Waals surface area contributed by atoms with E-state index in [-0.39, 0.29) is 12.5 Å². The third kappa shape index (κ3) is 2.62. The molecule has 22 heavy (non-hydrogen) atoms. The first-order valence-electron chi connectivity index (χ1n) is 6.61. The normalized spacial score (nSPS) is 10.9. The fraction of sp³-hybridized carbons (Fsp3) is 0.214. The zero-order chi connectivity index (χ0) is 15.7. The summed E-state index contributed by atoms with van der Waals surface area (Å²) in [6.07, 6.45) is 0. The Morgan fingerprint density at radius 3 is 3.00 bits per heavy atom. The second-order valence-electron chi connectivity index (χ2n) is 4.77. The van der Waals surface area contributed by atoms with Crippen molar-refractivity contribution < 1.29 is 9.53 Å². The Kier molecular flexibility index (Phi) is 3.72. The van der Waals surface area contributed by atoms with Gasteiger partial charge >= 0.3 is 0 Å². The van der Waals surface area contributed by atoms with Crippen molar-refractivity contribution in [2.75, 3.05) is 11.9 Å². The van der Waals surface area contributed by atoms with Gasteiger partial charge in [0.1, 0.15) is 11.6 Å². The second kappa shape index (κ2) is 5.69. The predicted molar refractivity (Wildman–Crippen MR) is 83.2 cm³/mol. The number of anilines is 1. The van der Waals surface area contributed by atoms with Crippen LogP contribution in [-0.2, 0) is 11.8 Å². The van der Waals surface area contributed by atoms with Gasteiger partial charge in [-0.3, -0.25) is 9.89 Å². The molecule has 0 fully saturated rings. The van der Waals surface area contributed by atoms with Crippen molar-refractivity contribution in [3.8, 4) is 5.75 Å². The summed E-state index contributed by atoms with van der Waals surface area (Å²) in [7, 11) is 1.79. The molecule has 2 N–H and O–H groups in total. The molecule has 8 heteroatoms. The van der Waals surface area contributed by atoms with Gasteiger partial charge in [-0.15, -0.1) is 0 Å². The minimum atomic E-state index is -0.311. The van der Waals surface area contributed by atoms with Crippen LogP contribution in [0.4, 0.5) is 5.82 Å². The molecule has 0 atom stereocenters. The summed E-state index contributed by atoms with van der Waals surface area (Å²) in [5.41, 5.74) is 1.47. The fourth-order valence-electron chi connectivity index (χ4n) is 2.20. The highest BCUT2D eigenvalue weighted by Crippen LogP contribution is 2.24. The van der Waals surface area contributed by atoms with Crippen molar-refractivity contribution in [3.63, 3.8) is 0 Å². The zero-order valence-electron chi connectivity index (χ0n) is 12.1. The molecule has 0 aliphatic carbocycles. The number of carbonyl (C=O) groups excluding carboxylic acids is 1. The molecule has 0 bridgehead atoms. The molecule has 1 aromatic carbocycles. The second-order valence-corrected chi connectivity index (χ2v) is 5.18. The summed E-state index contributed by atoms with van der Waals surface area (Å²) in [5, 5.41) is 15.1. The highest BCUT2D eigenvalue weighted by molar-refractivity contribution is 6.32. The predicted octanol–water partition coefficient (Wildman–Crippen LogP) is 2.28. The summed E-state index contributed by atoms with van der Waals surface area (Å²) in [5.74, 6) is 0.661. The number of aromatic amines is 1. The molecule has 0 radical (unpaired) electrons. The summed E-state index contributed by atoms with van der Waals surface area (Å²) < 4.78 is 7.05. The third-order valence-corrected chi connectivity index (χ3v) is 3.49. The van der Waals surface area contributed by atoms with Crippen molar-refractivity contribution >= 4 is 34.4 Å². The number of amides is 1. The van der Waals surface area contributed by atoms with Crippen LogP contribution in [0.25, 0.3) is 11.0 Å². The van der Waals surface area contributed by atoms with Crippen LogP contribution in [0, 0.1) is 6.92 Å². The Bertz CT molecular complexity index is 839. The monoisotopic (exact) mass is 319 g/mol. The van der Waals surface area contributed by atoms with E-state index in [0.717, 1.165) is 11.1 Å². The van der Waals surface area contributed by atoms with Gasteiger partial charge in [0.05, 0.1) is 16.1 Å². The van der Waals surface area contributed by atoms with E-state index in [1.807, 2.05) is 6.92 Å². The Labute approximate surface area is 131 Å². The Hall–Kier alpha value is -2.54. The summed E-state index contributed by atoms with van der Waals surface area (Å²) in [4.78, 5) is 12.0. The topological polar surface area (TPSA) is 84.8 Å². The minimum absolute atomic E-state index is 0.149. The average Bonchev–Trinajstić information content (AvgIpc) is 3.01. The number of H-pyrrole nitrogens is 1. The van der Waals surface area contributed by atoms with E-state index < -0.39 is 0 Å². The summed E-state index contributed by atoms with van der Waals surface area (Å²) >= 11 is 5.97. The smallest absolute Gasteiger partial charge is 0.263 e. The van der Waals surface area contributed by atoms with Gasteiger partial charge in [-0.2, -0.15) is 10.2 Å². The van der Waals surface area contributed by atoms with E-state index in [9.17, 15) is 4.79 Å². The number of benzene rings is 1. The number of aromatic nitrogens is 4. The molecular weight excluding hydrogens is 306 g/mol. The maximum atomic E-state index is 12.0. The lowest BCUT2D eigenvalue weighted by molar-refractivity contribution is -0.118. The van der Waals surface area contributed by atoms with Crippen molar-refractivity contribution in [1.29, 1.82) is 0 Å². The molecular formula is C14H14ClN5O2. The molecule has 3 aromatic rings. The fourth-order valence-corrected chi connectivity index (χ4v) is 2.39. The number of aryl methyl sites for hydroxylation is 2. The van der Waals surface area contributed by atoms with Crippen LogP contribution >= 0.6 is 11.6 Å². The van der Waals surface area contributed by atoms with Crippen LogP contribution < -0.4 is 10.1 Å². The number of rotatable bonds is 4. The Morgan fingerprint density at radius 2 is 2.23 bits per heavy atom. The van der Waals surface area contributed by atoms with Crippen LogP contribution in [-0.4, -0.2) is 32.5 Å². The van der Waals surface area contributed by atoms with Crippen molar-refractivity contribution in [3.05, 3.63) is 35.0 Å². The van der Waals surface area contributed by atoms with E-state index in [4.69, 9.17) is 16.3 Å². The van der Waals surface area contributed by atoms with Crippen LogP contribution in [0.3, 0.4) is 0 Å². The number of fused-ring (bicyclic) bond motifs is 1. The number of nitrogens with zero attached hydrogens (tertiary/aromatic N) is 3. The number of halogens is 1. The average molecular weight is 320 g/mol. The van der Waals surface area contributed by atoms with Gasteiger partial charge in [0.25, 0.3) is 5.91 Å². The van der Waals surface area contributed by atoms with E-state index in [1.54, 1.807) is 36.0 Å².